The van der Waals surface area contributed by atoms with Gasteiger partial charge < -0.3 is 9.47 Å². The second-order valence-electron chi connectivity index (χ2n) is 6.52. The van der Waals surface area contributed by atoms with Gasteiger partial charge in [0.25, 0.3) is 5.88 Å². The van der Waals surface area contributed by atoms with Crippen LogP contribution in [0.25, 0.3) is 0 Å². The highest BCUT2D eigenvalue weighted by Gasteiger charge is 2.26. The van der Waals surface area contributed by atoms with Gasteiger partial charge in [0.05, 0.1) is 9.50 Å². The summed E-state index contributed by atoms with van der Waals surface area (Å²) in [5.74, 6) is -0.446. The molecule has 0 N–H and O–H groups in total. The number of hydrogen-bond acceptors (Lipinski definition) is 5. The average Bonchev–Trinajstić information content (AvgIpc) is 2.56. The van der Waals surface area contributed by atoms with Crippen molar-refractivity contribution < 1.29 is 18.7 Å². The van der Waals surface area contributed by atoms with Gasteiger partial charge in [-0.25, -0.2) is 14.2 Å². The van der Waals surface area contributed by atoms with Crippen LogP contribution in [-0.4, -0.2) is 16.7 Å². The van der Waals surface area contributed by atoms with Crippen molar-refractivity contribution in [2.24, 2.45) is 4.99 Å². The lowest BCUT2D eigenvalue weighted by Crippen LogP contribution is -2.24. The number of aliphatic imine (C=N–C) groups is 1. The van der Waals surface area contributed by atoms with Crippen LogP contribution >= 0.6 is 39.1 Å². The van der Waals surface area contributed by atoms with E-state index in [1.54, 1.807) is 6.92 Å². The van der Waals surface area contributed by atoms with Crippen molar-refractivity contribution in [3.05, 3.63) is 44.2 Å². The molecule has 1 aromatic carbocycles. The summed E-state index contributed by atoms with van der Waals surface area (Å²) < 4.78 is 26.0. The molecule has 9 heteroatoms. The molecule has 0 saturated heterocycles. The summed E-state index contributed by atoms with van der Waals surface area (Å²) in [4.78, 5) is 18.7. The maximum atomic E-state index is 13.9. The van der Waals surface area contributed by atoms with Crippen LogP contribution in [0.2, 0.25) is 10.0 Å². The van der Waals surface area contributed by atoms with Gasteiger partial charge in [-0.15, -0.1) is 0 Å². The number of pyridine rings is 1. The highest BCUT2D eigenvalue weighted by Crippen LogP contribution is 2.45. The summed E-state index contributed by atoms with van der Waals surface area (Å²) in [7, 11) is 0. The fraction of sp³-hybridized carbons (Fsp3) is 0.333. The molecule has 1 aromatic heterocycles. The molecular weight excluding hydrogens is 462 g/mol. The molecule has 0 fully saturated rings. The Morgan fingerprint density at radius 1 is 1.33 bits per heavy atom. The van der Waals surface area contributed by atoms with E-state index in [1.165, 1.54) is 18.3 Å². The Hall–Kier alpha value is -1.66. The Morgan fingerprint density at radius 2 is 2.00 bits per heavy atom. The molecule has 0 aliphatic carbocycles. The van der Waals surface area contributed by atoms with E-state index in [2.05, 4.69) is 25.9 Å². The van der Waals surface area contributed by atoms with Gasteiger partial charge in [-0.2, -0.15) is 4.99 Å². The fourth-order valence-electron chi connectivity index (χ4n) is 2.21. The van der Waals surface area contributed by atoms with Crippen molar-refractivity contribution in [3.63, 3.8) is 0 Å². The van der Waals surface area contributed by atoms with Crippen LogP contribution in [0.1, 0.15) is 39.4 Å². The quantitative estimate of drug-likeness (QED) is 0.277. The molecule has 0 saturated carbocycles. The number of ether oxygens (including phenoxy) is 2. The minimum Gasteiger partial charge on any atom is -0.478 e. The fourth-order valence-corrected chi connectivity index (χ4v) is 3.26. The summed E-state index contributed by atoms with van der Waals surface area (Å²) in [6.45, 7) is 7.11. The molecule has 0 spiro atoms. The number of aromatic nitrogens is 1. The van der Waals surface area contributed by atoms with Crippen LogP contribution in [0.5, 0.6) is 11.6 Å². The minimum absolute atomic E-state index is 0.0755. The van der Waals surface area contributed by atoms with Gasteiger partial charge in [-0.1, -0.05) is 23.2 Å². The normalized spacial score (nSPS) is 12.3. The highest BCUT2D eigenvalue weighted by atomic mass is 79.9. The van der Waals surface area contributed by atoms with Crippen LogP contribution < -0.4 is 9.47 Å². The third-order valence-corrected chi connectivity index (χ3v) is 4.57. The molecule has 2 aromatic rings. The summed E-state index contributed by atoms with van der Waals surface area (Å²) in [6, 6.07) is 2.55. The molecule has 0 radical (unpaired) electrons. The number of benzene rings is 1. The lowest BCUT2D eigenvalue weighted by molar-refractivity contribution is 0.111. The van der Waals surface area contributed by atoms with Crippen molar-refractivity contribution >= 4 is 50.9 Å². The van der Waals surface area contributed by atoms with Gasteiger partial charge in [-0.05, 0) is 55.8 Å². The monoisotopic (exact) mass is 476 g/mol. The number of hydrogen-bond donors (Lipinski definition) is 0. The van der Waals surface area contributed by atoms with Gasteiger partial charge in [-0.3, -0.25) is 0 Å². The third-order valence-electron chi connectivity index (χ3n) is 3.27. The van der Waals surface area contributed by atoms with Crippen LogP contribution in [0.3, 0.4) is 0 Å². The van der Waals surface area contributed by atoms with Crippen molar-refractivity contribution in [2.75, 3.05) is 0 Å². The van der Waals surface area contributed by atoms with Gasteiger partial charge in [0, 0.05) is 16.8 Å². The first-order chi connectivity index (χ1) is 12.5. The molecule has 5 nitrogen and oxygen atoms in total. The molecule has 1 atom stereocenters. The van der Waals surface area contributed by atoms with E-state index in [0.29, 0.717) is 4.47 Å². The molecule has 0 aliphatic heterocycles. The zero-order valence-corrected chi connectivity index (χ0v) is 18.0. The second kappa shape index (κ2) is 8.57. The van der Waals surface area contributed by atoms with Crippen LogP contribution in [0.4, 0.5) is 10.1 Å². The second-order valence-corrected chi connectivity index (χ2v) is 8.16. The average molecular weight is 478 g/mol. The molecule has 0 bridgehead atoms. The zero-order valence-electron chi connectivity index (χ0n) is 14.9. The molecule has 1 heterocycles. The van der Waals surface area contributed by atoms with Gasteiger partial charge >= 0.3 is 0 Å². The Balaban J connectivity index is 2.58. The van der Waals surface area contributed by atoms with Crippen molar-refractivity contribution in [1.29, 1.82) is 0 Å². The Bertz CT molecular complexity index is 912. The largest absolute Gasteiger partial charge is 0.478 e. The number of halogens is 4. The van der Waals surface area contributed by atoms with Crippen molar-refractivity contribution in [2.45, 2.75) is 39.4 Å². The smallest absolute Gasteiger partial charge is 0.260 e. The maximum absolute atomic E-state index is 13.9. The molecule has 1 unspecified atom stereocenters. The lowest BCUT2D eigenvalue weighted by Gasteiger charge is -2.25. The van der Waals surface area contributed by atoms with E-state index >= 15 is 0 Å². The van der Waals surface area contributed by atoms with Gasteiger partial charge in [0.15, 0.2) is 0 Å². The van der Waals surface area contributed by atoms with Crippen LogP contribution in [0, 0.1) is 5.82 Å². The Morgan fingerprint density at radius 3 is 2.59 bits per heavy atom. The minimum atomic E-state index is -0.792. The van der Waals surface area contributed by atoms with E-state index in [0.717, 1.165) is 6.07 Å². The Kier molecular flexibility index (Phi) is 6.87. The topological polar surface area (TPSA) is 60.8 Å². The molecule has 0 amide bonds. The van der Waals surface area contributed by atoms with E-state index in [-0.39, 0.29) is 32.9 Å². The predicted molar refractivity (Wildman–Crippen MR) is 106 cm³/mol. The first-order valence-electron chi connectivity index (χ1n) is 7.80. The molecule has 0 aliphatic rings. The number of rotatable bonds is 5. The van der Waals surface area contributed by atoms with E-state index in [4.69, 9.17) is 32.7 Å². The number of carbonyl (C=O) groups excluding carboxylic acids is 1. The van der Waals surface area contributed by atoms with Gasteiger partial charge in [0.1, 0.15) is 23.2 Å². The molecule has 144 valence electrons. The first-order valence-corrected chi connectivity index (χ1v) is 9.35. The van der Waals surface area contributed by atoms with E-state index < -0.39 is 17.5 Å². The standard InChI is InChI=1S/C18H16BrCl2FN2O3/c1-9(13-11(20)5-6-12(22)14(13)21)26-16-15(24-8-25)10(19)7-23-17(16)27-18(2,3)4/h5-7,9H,1-4H3. The first kappa shape index (κ1) is 21.6. The zero-order chi connectivity index (χ0) is 20.4. The molecule has 27 heavy (non-hydrogen) atoms. The van der Waals surface area contributed by atoms with Crippen LogP contribution in [-0.2, 0) is 4.79 Å². The summed E-state index contributed by atoms with van der Waals surface area (Å²) in [5.41, 5.74) is -0.214. The van der Waals surface area contributed by atoms with Crippen LogP contribution in [0.15, 0.2) is 27.8 Å². The summed E-state index contributed by atoms with van der Waals surface area (Å²) in [6.07, 6.45) is 2.11. The SMILES string of the molecule is CC(Oc1c(OC(C)(C)C)ncc(Br)c1N=C=O)c1c(Cl)ccc(F)c1Cl. The van der Waals surface area contributed by atoms with Gasteiger partial charge in [0.2, 0.25) is 11.8 Å². The summed E-state index contributed by atoms with van der Waals surface area (Å²) in [5, 5.41) is 0.0762. The van der Waals surface area contributed by atoms with E-state index in [9.17, 15) is 9.18 Å². The molecule has 2 rings (SSSR count). The van der Waals surface area contributed by atoms with E-state index in [1.807, 2.05) is 20.8 Å². The Labute approximate surface area is 174 Å². The van der Waals surface area contributed by atoms with Crippen molar-refractivity contribution in [3.8, 4) is 11.6 Å². The number of nitrogens with zero attached hydrogens (tertiary/aromatic N) is 2. The lowest BCUT2D eigenvalue weighted by atomic mass is 10.1. The molecular formula is C18H16BrCl2FN2O3. The third kappa shape index (κ3) is 5.20. The predicted octanol–water partition coefficient (Wildman–Crippen LogP) is 6.57. The number of isocyanates is 1. The summed E-state index contributed by atoms with van der Waals surface area (Å²) >= 11 is 15.5. The highest BCUT2D eigenvalue weighted by molar-refractivity contribution is 9.10. The maximum Gasteiger partial charge on any atom is 0.260 e. The van der Waals surface area contributed by atoms with Crippen molar-refractivity contribution in [1.82, 2.24) is 4.98 Å².